The molecule has 126 valence electrons. The first-order valence-electron chi connectivity index (χ1n) is 7.24. The molecule has 23 heavy (non-hydrogen) atoms. The van der Waals surface area contributed by atoms with Crippen LogP contribution in [0.25, 0.3) is 0 Å². The molecule has 0 aromatic heterocycles. The molecule has 0 unspecified atom stereocenters. The molecule has 0 spiro atoms. The van der Waals surface area contributed by atoms with E-state index in [0.29, 0.717) is 10.6 Å². The van der Waals surface area contributed by atoms with Crippen LogP contribution in [0.15, 0.2) is 24.3 Å². The molecule has 0 bridgehead atoms. The molecule has 1 saturated heterocycles. The summed E-state index contributed by atoms with van der Waals surface area (Å²) in [4.78, 5) is 25.6. The van der Waals surface area contributed by atoms with Crippen molar-refractivity contribution in [2.75, 3.05) is 32.9 Å². The highest BCUT2D eigenvalue weighted by Crippen LogP contribution is 2.29. The van der Waals surface area contributed by atoms with E-state index in [1.165, 1.54) is 4.90 Å². The van der Waals surface area contributed by atoms with Gasteiger partial charge in [0, 0.05) is 18.1 Å². The van der Waals surface area contributed by atoms with Gasteiger partial charge in [-0.1, -0.05) is 29.8 Å². The number of halogens is 1. The van der Waals surface area contributed by atoms with E-state index in [-0.39, 0.29) is 38.8 Å². The van der Waals surface area contributed by atoms with E-state index in [1.807, 2.05) is 0 Å². The van der Waals surface area contributed by atoms with Crippen LogP contribution in [0.3, 0.4) is 0 Å². The van der Waals surface area contributed by atoms with Crippen molar-refractivity contribution in [3.63, 3.8) is 0 Å². The SMILES string of the molecule is O=C1CO[C@H](C(=O)N(CCO)CCO)[C@@H](c2ccccc2Cl)N1. The second kappa shape index (κ2) is 8.26. The number of nitrogens with one attached hydrogen (secondary N) is 1. The van der Waals surface area contributed by atoms with Crippen molar-refractivity contribution in [3.05, 3.63) is 34.9 Å². The Morgan fingerprint density at radius 2 is 1.96 bits per heavy atom. The molecule has 2 rings (SSSR count). The highest BCUT2D eigenvalue weighted by Gasteiger charge is 2.38. The minimum atomic E-state index is -0.967. The third-order valence-electron chi connectivity index (χ3n) is 3.55. The van der Waals surface area contributed by atoms with Crippen LogP contribution in [-0.2, 0) is 14.3 Å². The number of hydrogen-bond acceptors (Lipinski definition) is 5. The maximum atomic E-state index is 12.7. The summed E-state index contributed by atoms with van der Waals surface area (Å²) in [6.45, 7) is -0.558. The summed E-state index contributed by atoms with van der Waals surface area (Å²) in [5.41, 5.74) is 0.577. The van der Waals surface area contributed by atoms with E-state index < -0.39 is 18.1 Å². The Morgan fingerprint density at radius 1 is 1.30 bits per heavy atom. The summed E-state index contributed by atoms with van der Waals surface area (Å²) in [6, 6.07) is 6.15. The van der Waals surface area contributed by atoms with Gasteiger partial charge in [-0.2, -0.15) is 0 Å². The lowest BCUT2D eigenvalue weighted by molar-refractivity contribution is -0.156. The van der Waals surface area contributed by atoms with Crippen molar-refractivity contribution < 1.29 is 24.5 Å². The molecule has 3 N–H and O–H groups in total. The first kappa shape index (κ1) is 17.7. The molecule has 0 saturated carbocycles. The van der Waals surface area contributed by atoms with Crippen molar-refractivity contribution in [1.29, 1.82) is 0 Å². The summed E-state index contributed by atoms with van der Waals surface area (Å²) in [5.74, 6) is -0.757. The number of hydrogen-bond donors (Lipinski definition) is 3. The monoisotopic (exact) mass is 342 g/mol. The predicted octanol–water partition coefficient (Wildman–Crippen LogP) is -0.291. The Kier molecular flexibility index (Phi) is 6.35. The van der Waals surface area contributed by atoms with Crippen LogP contribution in [-0.4, -0.2) is 65.9 Å². The number of rotatable bonds is 6. The van der Waals surface area contributed by atoms with Crippen LogP contribution in [0.2, 0.25) is 5.02 Å². The van der Waals surface area contributed by atoms with Crippen LogP contribution in [0.5, 0.6) is 0 Å². The second-order valence-electron chi connectivity index (χ2n) is 5.07. The minimum absolute atomic E-state index is 0.0719. The van der Waals surface area contributed by atoms with E-state index in [1.54, 1.807) is 24.3 Å². The van der Waals surface area contributed by atoms with Gasteiger partial charge in [0.05, 0.1) is 19.3 Å². The molecule has 1 aromatic rings. The van der Waals surface area contributed by atoms with Crippen LogP contribution >= 0.6 is 11.6 Å². The van der Waals surface area contributed by atoms with Gasteiger partial charge in [0.15, 0.2) is 6.10 Å². The van der Waals surface area contributed by atoms with Crippen molar-refractivity contribution in [3.8, 4) is 0 Å². The molecule has 0 aliphatic carbocycles. The normalized spacial score (nSPS) is 20.9. The highest BCUT2D eigenvalue weighted by atomic mass is 35.5. The number of nitrogens with zero attached hydrogens (tertiary/aromatic N) is 1. The zero-order chi connectivity index (χ0) is 16.8. The largest absolute Gasteiger partial charge is 0.395 e. The molecule has 1 fully saturated rings. The smallest absolute Gasteiger partial charge is 0.254 e. The van der Waals surface area contributed by atoms with Crippen LogP contribution in [0.1, 0.15) is 11.6 Å². The predicted molar refractivity (Wildman–Crippen MR) is 82.8 cm³/mol. The summed E-state index contributed by atoms with van der Waals surface area (Å²) in [7, 11) is 0. The fourth-order valence-electron chi connectivity index (χ4n) is 2.49. The van der Waals surface area contributed by atoms with E-state index >= 15 is 0 Å². The Morgan fingerprint density at radius 3 is 2.57 bits per heavy atom. The van der Waals surface area contributed by atoms with Crippen molar-refractivity contribution >= 4 is 23.4 Å². The fraction of sp³-hybridized carbons (Fsp3) is 0.467. The Balaban J connectivity index is 2.28. The Labute approximate surface area is 138 Å². The van der Waals surface area contributed by atoms with Gasteiger partial charge in [0.25, 0.3) is 5.91 Å². The molecule has 8 heteroatoms. The number of ether oxygens (including phenoxy) is 1. The van der Waals surface area contributed by atoms with Gasteiger partial charge in [0.1, 0.15) is 6.61 Å². The first-order valence-corrected chi connectivity index (χ1v) is 7.62. The summed E-state index contributed by atoms with van der Waals surface area (Å²) >= 11 is 6.17. The van der Waals surface area contributed by atoms with Gasteiger partial charge >= 0.3 is 0 Å². The zero-order valence-electron chi connectivity index (χ0n) is 12.4. The number of amides is 2. The molecular weight excluding hydrogens is 324 g/mol. The standard InChI is InChI=1S/C15H19ClN2O5/c16-11-4-2-1-3-10(11)13-14(23-9-12(21)17-13)15(22)18(5-7-19)6-8-20/h1-4,13-14,19-20H,5-9H2,(H,17,21)/t13-,14+/m1/s1. The lowest BCUT2D eigenvalue weighted by Crippen LogP contribution is -2.54. The second-order valence-corrected chi connectivity index (χ2v) is 5.48. The zero-order valence-corrected chi connectivity index (χ0v) is 13.2. The molecule has 1 aromatic carbocycles. The lowest BCUT2D eigenvalue weighted by Gasteiger charge is -2.35. The van der Waals surface area contributed by atoms with Crippen LogP contribution in [0, 0.1) is 0 Å². The molecule has 1 aliphatic heterocycles. The molecular formula is C15H19ClN2O5. The van der Waals surface area contributed by atoms with Gasteiger partial charge in [0.2, 0.25) is 5.91 Å². The fourth-order valence-corrected chi connectivity index (χ4v) is 2.74. The number of carbonyl (C=O) groups excluding carboxylic acids is 2. The summed E-state index contributed by atoms with van der Waals surface area (Å²) in [6.07, 6.45) is -0.967. The van der Waals surface area contributed by atoms with Gasteiger partial charge in [-0.15, -0.1) is 0 Å². The third-order valence-corrected chi connectivity index (χ3v) is 3.89. The van der Waals surface area contributed by atoms with Gasteiger partial charge in [-0.05, 0) is 11.6 Å². The van der Waals surface area contributed by atoms with E-state index in [0.717, 1.165) is 0 Å². The van der Waals surface area contributed by atoms with Crippen LogP contribution < -0.4 is 5.32 Å². The van der Waals surface area contributed by atoms with Gasteiger partial charge in [-0.3, -0.25) is 9.59 Å². The topological polar surface area (TPSA) is 99.1 Å². The van der Waals surface area contributed by atoms with E-state index in [9.17, 15) is 9.59 Å². The molecule has 2 amide bonds. The quantitative estimate of drug-likeness (QED) is 0.660. The molecule has 7 nitrogen and oxygen atoms in total. The Bertz CT molecular complexity index is 563. The number of morpholine rings is 1. The maximum Gasteiger partial charge on any atom is 0.254 e. The highest BCUT2D eigenvalue weighted by molar-refractivity contribution is 6.31. The van der Waals surface area contributed by atoms with Gasteiger partial charge < -0.3 is 25.2 Å². The lowest BCUT2D eigenvalue weighted by atomic mass is 9.98. The molecule has 0 radical (unpaired) electrons. The van der Waals surface area contributed by atoms with Crippen molar-refractivity contribution in [2.24, 2.45) is 0 Å². The Hall–Kier alpha value is -1.67. The van der Waals surface area contributed by atoms with Crippen LogP contribution in [0.4, 0.5) is 0 Å². The van der Waals surface area contributed by atoms with Crippen molar-refractivity contribution in [2.45, 2.75) is 12.1 Å². The molecule has 1 heterocycles. The first-order chi connectivity index (χ1) is 11.1. The van der Waals surface area contributed by atoms with Crippen molar-refractivity contribution in [1.82, 2.24) is 10.2 Å². The number of aliphatic hydroxyl groups is 2. The third kappa shape index (κ3) is 4.20. The van der Waals surface area contributed by atoms with Gasteiger partial charge in [-0.25, -0.2) is 0 Å². The summed E-state index contributed by atoms with van der Waals surface area (Å²) < 4.78 is 5.42. The van der Waals surface area contributed by atoms with E-state index in [4.69, 9.17) is 26.6 Å². The minimum Gasteiger partial charge on any atom is -0.395 e. The number of aliphatic hydroxyl groups excluding tert-OH is 2. The average Bonchev–Trinajstić information content (AvgIpc) is 2.54. The number of carbonyl (C=O) groups is 2. The average molecular weight is 343 g/mol. The molecule has 2 atom stereocenters. The molecule has 1 aliphatic rings. The van der Waals surface area contributed by atoms with E-state index in [2.05, 4.69) is 5.32 Å². The number of benzene rings is 1. The maximum absolute atomic E-state index is 12.7. The summed E-state index contributed by atoms with van der Waals surface area (Å²) in [5, 5.41) is 21.3.